The van der Waals surface area contributed by atoms with Crippen LogP contribution in [0.2, 0.25) is 0 Å². The van der Waals surface area contributed by atoms with Crippen molar-refractivity contribution in [2.24, 2.45) is 0 Å². The van der Waals surface area contributed by atoms with Crippen LogP contribution in [-0.2, 0) is 16.7 Å². The lowest BCUT2D eigenvalue weighted by molar-refractivity contribution is 0.0887. The first-order valence-corrected chi connectivity index (χ1v) is 10.8. The summed E-state index contributed by atoms with van der Waals surface area (Å²) in [7, 11) is 3.88. The van der Waals surface area contributed by atoms with Gasteiger partial charge < -0.3 is 24.4 Å². The number of nitrogens with one attached hydrogen (secondary N) is 1. The molecule has 0 saturated heterocycles. The maximum atomic E-state index is 6.53. The van der Waals surface area contributed by atoms with Crippen molar-refractivity contribution in [1.29, 1.82) is 0 Å². The Hall–Kier alpha value is -2.57. The van der Waals surface area contributed by atoms with Gasteiger partial charge >= 0.3 is 0 Å². The molecule has 0 amide bonds. The summed E-state index contributed by atoms with van der Waals surface area (Å²) < 4.78 is 18.2. The van der Waals surface area contributed by atoms with Crippen LogP contribution in [0.5, 0.6) is 11.5 Å². The van der Waals surface area contributed by atoms with Crippen LogP contribution in [0.1, 0.15) is 24.0 Å². The summed E-state index contributed by atoms with van der Waals surface area (Å²) in [5.41, 5.74) is 3.39. The number of thiocarbonyl (C=S) groups is 1. The van der Waals surface area contributed by atoms with Gasteiger partial charge in [0.25, 0.3) is 5.17 Å². The number of hydrogen-bond donors (Lipinski definition) is 1. The second-order valence-corrected chi connectivity index (χ2v) is 8.67. The van der Waals surface area contributed by atoms with Crippen molar-refractivity contribution in [1.82, 2.24) is 4.90 Å². The number of rotatable bonds is 3. The standard InChI is InChI=1S/C24H26N2O3S/c1-26-13-12-24-11-10-18(28-23(30)25-17-6-4-3-5-7-17)14-20(24)29-22-19(27-2)9-8-16(15-26)21(22)24/h3-11,18,20H,12-15H2,1-2H3,(H,25,30)/t18-,20-,24-/m1/s1. The third-order valence-corrected chi connectivity index (χ3v) is 6.61. The molecular formula is C24H26N2O3S. The highest BCUT2D eigenvalue weighted by molar-refractivity contribution is 7.80. The fourth-order valence-electron chi connectivity index (χ4n) is 4.96. The lowest BCUT2D eigenvalue weighted by atomic mass is 9.69. The van der Waals surface area contributed by atoms with Gasteiger partial charge in [-0.15, -0.1) is 0 Å². The van der Waals surface area contributed by atoms with Gasteiger partial charge in [-0.2, -0.15) is 0 Å². The molecule has 2 aromatic rings. The second kappa shape index (κ2) is 7.60. The van der Waals surface area contributed by atoms with Gasteiger partial charge in [0.1, 0.15) is 12.2 Å². The predicted molar refractivity (Wildman–Crippen MR) is 121 cm³/mol. The minimum absolute atomic E-state index is 0.00331. The summed E-state index contributed by atoms with van der Waals surface area (Å²) in [6.45, 7) is 1.93. The Morgan fingerprint density at radius 3 is 2.87 bits per heavy atom. The first-order chi connectivity index (χ1) is 14.6. The minimum atomic E-state index is -0.141. The van der Waals surface area contributed by atoms with E-state index in [4.69, 9.17) is 26.4 Å². The van der Waals surface area contributed by atoms with Gasteiger partial charge in [0.2, 0.25) is 0 Å². The molecule has 0 radical (unpaired) electrons. The van der Waals surface area contributed by atoms with E-state index < -0.39 is 0 Å². The molecule has 6 heteroatoms. The molecule has 2 aliphatic heterocycles. The first-order valence-electron chi connectivity index (χ1n) is 10.4. The quantitative estimate of drug-likeness (QED) is 0.589. The number of anilines is 1. The van der Waals surface area contributed by atoms with E-state index in [1.807, 2.05) is 36.4 Å². The molecule has 2 aromatic carbocycles. The van der Waals surface area contributed by atoms with Crippen LogP contribution in [0, 0.1) is 0 Å². The molecule has 0 bridgehead atoms. The zero-order chi connectivity index (χ0) is 20.7. The van der Waals surface area contributed by atoms with Gasteiger partial charge in [-0.25, -0.2) is 0 Å². The van der Waals surface area contributed by atoms with E-state index in [1.165, 1.54) is 11.1 Å². The Morgan fingerprint density at radius 1 is 1.23 bits per heavy atom. The smallest absolute Gasteiger partial charge is 0.261 e. The molecule has 0 unspecified atom stereocenters. The molecule has 1 spiro atoms. The summed E-state index contributed by atoms with van der Waals surface area (Å²) in [6.07, 6.45) is 6.08. The topological polar surface area (TPSA) is 43.0 Å². The van der Waals surface area contributed by atoms with Crippen molar-refractivity contribution < 1.29 is 14.2 Å². The lowest BCUT2D eigenvalue weighted by Gasteiger charge is -2.37. The monoisotopic (exact) mass is 422 g/mol. The maximum absolute atomic E-state index is 6.53. The van der Waals surface area contributed by atoms with Crippen molar-refractivity contribution in [2.45, 2.75) is 37.0 Å². The number of para-hydroxylation sites is 1. The molecular weight excluding hydrogens is 396 g/mol. The summed E-state index contributed by atoms with van der Waals surface area (Å²) in [6, 6.07) is 14.0. The number of benzene rings is 2. The number of hydrogen-bond acceptors (Lipinski definition) is 5. The van der Waals surface area contributed by atoms with Crippen molar-refractivity contribution in [3.63, 3.8) is 0 Å². The zero-order valence-electron chi connectivity index (χ0n) is 17.3. The van der Waals surface area contributed by atoms with E-state index in [-0.39, 0.29) is 17.6 Å². The van der Waals surface area contributed by atoms with Crippen LogP contribution in [0.25, 0.3) is 0 Å². The largest absolute Gasteiger partial charge is 0.493 e. The Kier molecular flexibility index (Phi) is 4.91. The fourth-order valence-corrected chi connectivity index (χ4v) is 5.20. The van der Waals surface area contributed by atoms with Gasteiger partial charge in [0.15, 0.2) is 11.5 Å². The summed E-state index contributed by atoms with van der Waals surface area (Å²) in [5, 5.41) is 3.53. The van der Waals surface area contributed by atoms with Gasteiger partial charge in [0.05, 0.1) is 12.5 Å². The molecule has 0 saturated carbocycles. The van der Waals surface area contributed by atoms with Crippen LogP contribution in [-0.4, -0.2) is 43.0 Å². The van der Waals surface area contributed by atoms with Crippen LogP contribution in [0.15, 0.2) is 54.6 Å². The molecule has 5 nitrogen and oxygen atoms in total. The Balaban J connectivity index is 1.41. The highest BCUT2D eigenvalue weighted by Crippen LogP contribution is 2.55. The van der Waals surface area contributed by atoms with Gasteiger partial charge in [-0.3, -0.25) is 0 Å². The fraction of sp³-hybridized carbons (Fsp3) is 0.375. The van der Waals surface area contributed by atoms with E-state index in [2.05, 4.69) is 35.5 Å². The van der Waals surface area contributed by atoms with E-state index in [9.17, 15) is 0 Å². The van der Waals surface area contributed by atoms with Crippen LogP contribution < -0.4 is 14.8 Å². The molecule has 156 valence electrons. The third-order valence-electron chi connectivity index (χ3n) is 6.41. The molecule has 1 aliphatic carbocycles. The molecule has 5 rings (SSSR count). The van der Waals surface area contributed by atoms with Crippen molar-refractivity contribution >= 4 is 23.1 Å². The molecule has 2 heterocycles. The Morgan fingerprint density at radius 2 is 2.07 bits per heavy atom. The third kappa shape index (κ3) is 3.24. The summed E-state index contributed by atoms with van der Waals surface area (Å²) in [5.74, 6) is 1.70. The van der Waals surface area contributed by atoms with Crippen LogP contribution in [0.3, 0.4) is 0 Å². The summed E-state index contributed by atoms with van der Waals surface area (Å²) >= 11 is 5.44. The Bertz CT molecular complexity index is 993. The van der Waals surface area contributed by atoms with Gasteiger partial charge in [0, 0.05) is 24.2 Å². The summed E-state index contributed by atoms with van der Waals surface area (Å²) in [4.78, 5) is 2.38. The number of methoxy groups -OCH3 is 1. The van der Waals surface area contributed by atoms with Gasteiger partial charge in [-0.05, 0) is 62.1 Å². The zero-order valence-corrected chi connectivity index (χ0v) is 18.1. The maximum Gasteiger partial charge on any atom is 0.261 e. The van der Waals surface area contributed by atoms with Crippen LogP contribution in [0.4, 0.5) is 5.69 Å². The molecule has 3 atom stereocenters. The average molecular weight is 423 g/mol. The first kappa shape index (κ1) is 19.4. The van der Waals surface area contributed by atoms with Gasteiger partial charge in [-0.1, -0.05) is 30.3 Å². The van der Waals surface area contributed by atoms with E-state index in [0.29, 0.717) is 5.17 Å². The Labute approximate surface area is 182 Å². The molecule has 1 N–H and O–H groups in total. The highest BCUT2D eigenvalue weighted by Gasteiger charge is 2.53. The normalized spacial score (nSPS) is 26.7. The number of nitrogens with zero attached hydrogens (tertiary/aromatic N) is 1. The number of ether oxygens (including phenoxy) is 3. The van der Waals surface area contributed by atoms with E-state index in [1.54, 1.807) is 7.11 Å². The van der Waals surface area contributed by atoms with Crippen molar-refractivity contribution in [2.75, 3.05) is 26.0 Å². The van der Waals surface area contributed by atoms with E-state index >= 15 is 0 Å². The van der Waals surface area contributed by atoms with E-state index in [0.717, 1.165) is 43.1 Å². The SMILES string of the molecule is COc1ccc2c3c1O[C@@H]1C[C@H](OC(=S)Nc4ccccc4)C=C[C@]31CCN(C)C2. The van der Waals surface area contributed by atoms with Crippen molar-refractivity contribution in [3.05, 3.63) is 65.7 Å². The molecule has 0 aromatic heterocycles. The van der Waals surface area contributed by atoms with Crippen molar-refractivity contribution in [3.8, 4) is 11.5 Å². The predicted octanol–water partition coefficient (Wildman–Crippen LogP) is 4.27. The van der Waals surface area contributed by atoms with Crippen LogP contribution >= 0.6 is 12.2 Å². The highest BCUT2D eigenvalue weighted by atomic mass is 32.1. The average Bonchev–Trinajstić information content (AvgIpc) is 3.00. The molecule has 30 heavy (non-hydrogen) atoms. The molecule has 3 aliphatic rings. The lowest BCUT2D eigenvalue weighted by Crippen LogP contribution is -2.44. The second-order valence-electron chi connectivity index (χ2n) is 8.30. The minimum Gasteiger partial charge on any atom is -0.493 e. The molecule has 0 fully saturated rings.